The Morgan fingerprint density at radius 2 is 0.914 bits per heavy atom. The smallest absolute Gasteiger partial charge is 0.101 e. The molecule has 0 unspecified atom stereocenters. The van der Waals surface area contributed by atoms with Crippen molar-refractivity contribution in [3.8, 4) is 40.1 Å². The number of benzene rings is 5. The Balaban J connectivity index is 1.35. The third-order valence-corrected chi connectivity index (χ3v) is 6.52. The summed E-state index contributed by atoms with van der Waals surface area (Å²) in [5, 5.41) is 21.0. The van der Waals surface area contributed by atoms with Crippen molar-refractivity contribution in [1.29, 1.82) is 10.5 Å². The molecule has 0 aliphatic carbocycles. The van der Waals surface area contributed by atoms with Crippen LogP contribution in [0, 0.1) is 22.7 Å². The van der Waals surface area contributed by atoms with Crippen LogP contribution in [0.25, 0.3) is 49.7 Å². The summed E-state index contributed by atoms with van der Waals surface area (Å²) in [5.74, 6) is 0. The van der Waals surface area contributed by atoms with Crippen molar-refractivity contribution in [2.75, 3.05) is 0 Å². The normalized spacial score (nSPS) is 10.8. The summed E-state index contributed by atoms with van der Waals surface area (Å²) in [5.41, 5.74) is 8.52. The highest BCUT2D eigenvalue weighted by atomic mass is 15.0. The lowest BCUT2D eigenvalue weighted by atomic mass is 9.97. The summed E-state index contributed by atoms with van der Waals surface area (Å²) in [6.45, 7) is 0. The van der Waals surface area contributed by atoms with E-state index in [9.17, 15) is 5.26 Å². The van der Waals surface area contributed by atoms with Gasteiger partial charge in [0.2, 0.25) is 0 Å². The monoisotopic (exact) mass is 445 g/mol. The van der Waals surface area contributed by atoms with Gasteiger partial charge in [0.25, 0.3) is 0 Å². The van der Waals surface area contributed by atoms with Crippen LogP contribution in [0.3, 0.4) is 0 Å². The van der Waals surface area contributed by atoms with E-state index in [0.717, 1.165) is 27.9 Å². The van der Waals surface area contributed by atoms with Crippen LogP contribution in [0.5, 0.6) is 0 Å². The molecule has 0 atom stereocenters. The maximum Gasteiger partial charge on any atom is 0.101 e. The molecule has 1 aromatic heterocycles. The second-order valence-corrected chi connectivity index (χ2v) is 8.48. The first-order valence-electron chi connectivity index (χ1n) is 11.4. The zero-order valence-electron chi connectivity index (χ0n) is 18.8. The third-order valence-electron chi connectivity index (χ3n) is 6.52. The van der Waals surface area contributed by atoms with Crippen LogP contribution in [-0.4, -0.2) is 4.57 Å². The van der Waals surface area contributed by atoms with Gasteiger partial charge in [0.15, 0.2) is 0 Å². The Kier molecular flexibility index (Phi) is 4.88. The molecular weight excluding hydrogens is 426 g/mol. The summed E-state index contributed by atoms with van der Waals surface area (Å²) in [6, 6.07) is 43.5. The van der Waals surface area contributed by atoms with Crippen LogP contribution in [0.15, 0.2) is 115 Å². The molecule has 3 heteroatoms. The summed E-state index contributed by atoms with van der Waals surface area (Å²) in [7, 11) is 0. The van der Waals surface area contributed by atoms with Gasteiger partial charge in [-0.25, -0.2) is 0 Å². The highest BCUT2D eigenvalue weighted by Gasteiger charge is 2.11. The Morgan fingerprint density at radius 3 is 1.46 bits per heavy atom. The fraction of sp³-hybridized carbons (Fsp3) is 0. The van der Waals surface area contributed by atoms with Gasteiger partial charge in [-0.05, 0) is 58.7 Å². The molecule has 0 saturated carbocycles. The van der Waals surface area contributed by atoms with Crippen LogP contribution in [0.2, 0.25) is 0 Å². The minimum absolute atomic E-state index is 0.398. The second-order valence-electron chi connectivity index (χ2n) is 8.48. The number of rotatable bonds is 3. The van der Waals surface area contributed by atoms with Crippen LogP contribution < -0.4 is 0 Å². The highest BCUT2D eigenvalue weighted by molar-refractivity contribution is 6.09. The molecule has 0 saturated heterocycles. The Morgan fingerprint density at radius 1 is 0.457 bits per heavy atom. The molecule has 0 amide bonds. The average molecular weight is 446 g/mol. The Bertz CT molecular complexity index is 1740. The lowest BCUT2D eigenvalue weighted by Crippen LogP contribution is -1.93. The van der Waals surface area contributed by atoms with Gasteiger partial charge in [-0.1, -0.05) is 78.9 Å². The van der Waals surface area contributed by atoms with E-state index in [2.05, 4.69) is 114 Å². The molecule has 0 radical (unpaired) electrons. The number of para-hydroxylation sites is 2. The van der Waals surface area contributed by atoms with E-state index in [0.29, 0.717) is 11.1 Å². The first-order chi connectivity index (χ1) is 17.3. The predicted molar refractivity (Wildman–Crippen MR) is 141 cm³/mol. The maximum atomic E-state index is 9.32. The molecule has 1 heterocycles. The molecule has 162 valence electrons. The quantitative estimate of drug-likeness (QED) is 0.278. The fourth-order valence-electron chi connectivity index (χ4n) is 4.77. The van der Waals surface area contributed by atoms with Gasteiger partial charge in [0.05, 0.1) is 22.2 Å². The number of hydrogen-bond acceptors (Lipinski definition) is 2. The van der Waals surface area contributed by atoms with Gasteiger partial charge in [0, 0.05) is 16.5 Å². The van der Waals surface area contributed by atoms with E-state index in [4.69, 9.17) is 5.26 Å². The van der Waals surface area contributed by atoms with Gasteiger partial charge >= 0.3 is 0 Å². The summed E-state index contributed by atoms with van der Waals surface area (Å²) in [6.07, 6.45) is 0. The van der Waals surface area contributed by atoms with Crippen LogP contribution in [0.4, 0.5) is 0 Å². The molecule has 35 heavy (non-hydrogen) atoms. The average Bonchev–Trinajstić information content (AvgIpc) is 3.27. The standard InChI is InChI=1S/C32H19N3/c33-20-26-14-13-25(19-27(26)21-34)24-11-9-22(10-12-24)23-15-17-28(18-16-23)35-31-7-3-1-5-29(31)30-6-2-4-8-32(30)35/h1-19H. The SMILES string of the molecule is N#Cc1ccc(-c2ccc(-c3ccc(-n4c5ccccc5c5ccccc54)cc3)cc2)cc1C#N. The largest absolute Gasteiger partial charge is 0.309 e. The fourth-order valence-corrected chi connectivity index (χ4v) is 4.77. The zero-order chi connectivity index (χ0) is 23.8. The molecule has 0 aliphatic rings. The van der Waals surface area contributed by atoms with Gasteiger partial charge in [-0.15, -0.1) is 0 Å². The van der Waals surface area contributed by atoms with Gasteiger partial charge in [0.1, 0.15) is 12.1 Å². The van der Waals surface area contributed by atoms with E-state index in [-0.39, 0.29) is 0 Å². The van der Waals surface area contributed by atoms with E-state index >= 15 is 0 Å². The number of fused-ring (bicyclic) bond motifs is 3. The third kappa shape index (κ3) is 3.44. The minimum Gasteiger partial charge on any atom is -0.309 e. The molecule has 0 fully saturated rings. The second kappa shape index (κ2) is 8.34. The number of nitrogens with zero attached hydrogens (tertiary/aromatic N) is 3. The molecule has 6 aromatic rings. The first kappa shape index (κ1) is 20.5. The summed E-state index contributed by atoms with van der Waals surface area (Å²) in [4.78, 5) is 0. The zero-order valence-corrected chi connectivity index (χ0v) is 18.8. The van der Waals surface area contributed by atoms with Crippen molar-refractivity contribution in [3.63, 3.8) is 0 Å². The topological polar surface area (TPSA) is 52.5 Å². The van der Waals surface area contributed by atoms with Gasteiger partial charge in [-0.2, -0.15) is 10.5 Å². The van der Waals surface area contributed by atoms with Crippen LogP contribution in [0.1, 0.15) is 11.1 Å². The van der Waals surface area contributed by atoms with E-state index in [1.54, 1.807) is 12.1 Å². The summed E-state index contributed by atoms with van der Waals surface area (Å²) >= 11 is 0. The van der Waals surface area contributed by atoms with Crippen molar-refractivity contribution >= 4 is 21.8 Å². The van der Waals surface area contributed by atoms with Crippen molar-refractivity contribution in [2.45, 2.75) is 0 Å². The molecular formula is C32H19N3. The van der Waals surface area contributed by atoms with Gasteiger partial charge in [-0.3, -0.25) is 0 Å². The molecule has 0 N–H and O–H groups in total. The Hall–Kier alpha value is -5.12. The van der Waals surface area contributed by atoms with E-state index in [1.165, 1.54) is 21.8 Å². The predicted octanol–water partition coefficient (Wildman–Crippen LogP) is 7.86. The number of hydrogen-bond donors (Lipinski definition) is 0. The molecule has 0 bridgehead atoms. The minimum atomic E-state index is 0.398. The van der Waals surface area contributed by atoms with Crippen molar-refractivity contribution in [1.82, 2.24) is 4.57 Å². The Labute approximate surface area is 203 Å². The molecule has 5 aromatic carbocycles. The lowest BCUT2D eigenvalue weighted by Gasteiger charge is -2.10. The van der Waals surface area contributed by atoms with Crippen LogP contribution >= 0.6 is 0 Å². The maximum absolute atomic E-state index is 9.32. The summed E-state index contributed by atoms with van der Waals surface area (Å²) < 4.78 is 2.31. The van der Waals surface area contributed by atoms with Crippen molar-refractivity contribution < 1.29 is 0 Å². The number of nitriles is 2. The molecule has 3 nitrogen and oxygen atoms in total. The first-order valence-corrected chi connectivity index (χ1v) is 11.4. The van der Waals surface area contributed by atoms with E-state index < -0.39 is 0 Å². The molecule has 0 aliphatic heterocycles. The molecule has 6 rings (SSSR count). The molecule has 0 spiro atoms. The van der Waals surface area contributed by atoms with E-state index in [1.807, 2.05) is 6.07 Å². The van der Waals surface area contributed by atoms with Crippen molar-refractivity contribution in [3.05, 3.63) is 126 Å². The highest BCUT2D eigenvalue weighted by Crippen LogP contribution is 2.33. The van der Waals surface area contributed by atoms with Crippen molar-refractivity contribution in [2.24, 2.45) is 0 Å². The van der Waals surface area contributed by atoms with Crippen LogP contribution in [-0.2, 0) is 0 Å². The lowest BCUT2D eigenvalue weighted by molar-refractivity contribution is 1.18. The van der Waals surface area contributed by atoms with Gasteiger partial charge < -0.3 is 4.57 Å². The number of aromatic nitrogens is 1.